The molecule has 0 atom stereocenters. The lowest BCUT2D eigenvalue weighted by Crippen LogP contribution is -2.24. The van der Waals surface area contributed by atoms with Gasteiger partial charge in [0, 0.05) is 23.9 Å². The van der Waals surface area contributed by atoms with Crippen LogP contribution in [0.15, 0.2) is 36.7 Å². The molecule has 0 unspecified atom stereocenters. The third kappa shape index (κ3) is 2.44. The SMILES string of the molecule is O=C(NCc1nc2cnccc2s1)c1cccc2c1CNC2=O. The molecule has 1 aromatic carbocycles. The number of nitrogens with one attached hydrogen (secondary N) is 2. The minimum absolute atomic E-state index is 0.131. The minimum Gasteiger partial charge on any atom is -0.348 e. The van der Waals surface area contributed by atoms with Crippen molar-refractivity contribution in [2.45, 2.75) is 13.1 Å². The third-order valence-corrected chi connectivity index (χ3v) is 4.76. The second-order valence-corrected chi connectivity index (χ2v) is 6.26. The van der Waals surface area contributed by atoms with Gasteiger partial charge in [-0.3, -0.25) is 14.6 Å². The molecule has 3 aromatic rings. The summed E-state index contributed by atoms with van der Waals surface area (Å²) in [6, 6.07) is 7.09. The number of amides is 2. The van der Waals surface area contributed by atoms with Crippen molar-refractivity contribution < 1.29 is 9.59 Å². The standard InChI is InChI=1S/C16H12N4O2S/c21-15-9-2-1-3-10(11(9)6-18-15)16(22)19-8-14-20-12-7-17-5-4-13(12)23-14/h1-5,7H,6,8H2,(H,18,21)(H,19,22). The molecule has 2 N–H and O–H groups in total. The number of rotatable bonds is 3. The van der Waals surface area contributed by atoms with Crippen molar-refractivity contribution >= 4 is 33.4 Å². The van der Waals surface area contributed by atoms with E-state index in [1.54, 1.807) is 30.6 Å². The molecule has 6 nitrogen and oxygen atoms in total. The predicted octanol–water partition coefficient (Wildman–Crippen LogP) is 1.86. The molecule has 0 saturated heterocycles. The number of thiazole rings is 1. The topological polar surface area (TPSA) is 84.0 Å². The second kappa shape index (κ2) is 5.44. The van der Waals surface area contributed by atoms with Gasteiger partial charge in [-0.2, -0.15) is 0 Å². The molecule has 2 aromatic heterocycles. The van der Waals surface area contributed by atoms with E-state index in [0.29, 0.717) is 24.2 Å². The molecule has 0 bridgehead atoms. The average Bonchev–Trinajstić information content (AvgIpc) is 3.16. The predicted molar refractivity (Wildman–Crippen MR) is 86.2 cm³/mol. The molecule has 0 spiro atoms. The number of nitrogens with zero attached hydrogens (tertiary/aromatic N) is 2. The Hall–Kier alpha value is -2.80. The lowest BCUT2D eigenvalue weighted by Gasteiger charge is -2.07. The molecule has 2 amide bonds. The summed E-state index contributed by atoms with van der Waals surface area (Å²) in [4.78, 5) is 32.5. The highest BCUT2D eigenvalue weighted by Crippen LogP contribution is 2.22. The zero-order chi connectivity index (χ0) is 15.8. The normalized spacial score (nSPS) is 13.0. The first kappa shape index (κ1) is 13.8. The van der Waals surface area contributed by atoms with Crippen LogP contribution in [0.25, 0.3) is 10.2 Å². The number of aromatic nitrogens is 2. The first-order chi connectivity index (χ1) is 11.2. The van der Waals surface area contributed by atoms with Crippen molar-refractivity contribution in [1.29, 1.82) is 0 Å². The molecule has 1 aliphatic heterocycles. The van der Waals surface area contributed by atoms with E-state index in [0.717, 1.165) is 20.8 Å². The summed E-state index contributed by atoms with van der Waals surface area (Å²) in [5.74, 6) is -0.330. The van der Waals surface area contributed by atoms with Gasteiger partial charge in [0.05, 0.1) is 23.0 Å². The van der Waals surface area contributed by atoms with E-state index in [2.05, 4.69) is 20.6 Å². The Labute approximate surface area is 135 Å². The molecule has 7 heteroatoms. The van der Waals surface area contributed by atoms with Gasteiger partial charge in [-0.15, -0.1) is 11.3 Å². The first-order valence-electron chi connectivity index (χ1n) is 7.10. The van der Waals surface area contributed by atoms with Crippen molar-refractivity contribution in [2.24, 2.45) is 0 Å². The number of hydrogen-bond acceptors (Lipinski definition) is 5. The Balaban J connectivity index is 1.54. The van der Waals surface area contributed by atoms with E-state index >= 15 is 0 Å². The molecule has 23 heavy (non-hydrogen) atoms. The van der Waals surface area contributed by atoms with Crippen LogP contribution in [-0.2, 0) is 13.1 Å². The monoisotopic (exact) mass is 324 g/mol. The van der Waals surface area contributed by atoms with Crippen LogP contribution in [0.5, 0.6) is 0 Å². The van der Waals surface area contributed by atoms with Gasteiger partial charge in [0.2, 0.25) is 0 Å². The Morgan fingerprint density at radius 3 is 3.13 bits per heavy atom. The van der Waals surface area contributed by atoms with Crippen LogP contribution in [0.4, 0.5) is 0 Å². The Morgan fingerprint density at radius 1 is 1.35 bits per heavy atom. The van der Waals surface area contributed by atoms with Crippen molar-refractivity contribution in [1.82, 2.24) is 20.6 Å². The van der Waals surface area contributed by atoms with E-state index in [1.807, 2.05) is 6.07 Å². The zero-order valence-electron chi connectivity index (χ0n) is 12.0. The average molecular weight is 324 g/mol. The number of pyridine rings is 1. The lowest BCUT2D eigenvalue weighted by atomic mass is 10.0. The Morgan fingerprint density at radius 2 is 2.26 bits per heavy atom. The minimum atomic E-state index is -0.198. The molecule has 4 rings (SSSR count). The number of benzene rings is 1. The molecular formula is C16H12N4O2S. The maximum absolute atomic E-state index is 12.4. The summed E-state index contributed by atoms with van der Waals surface area (Å²) >= 11 is 1.53. The fourth-order valence-corrected chi connectivity index (χ4v) is 3.50. The first-order valence-corrected chi connectivity index (χ1v) is 7.92. The number of carbonyl (C=O) groups is 2. The van der Waals surface area contributed by atoms with Crippen molar-refractivity contribution in [2.75, 3.05) is 0 Å². The molecule has 0 fully saturated rings. The van der Waals surface area contributed by atoms with Gasteiger partial charge in [0.1, 0.15) is 5.01 Å². The van der Waals surface area contributed by atoms with Crippen LogP contribution in [-0.4, -0.2) is 21.8 Å². The highest BCUT2D eigenvalue weighted by Gasteiger charge is 2.24. The van der Waals surface area contributed by atoms with Crippen LogP contribution in [0.1, 0.15) is 31.3 Å². The zero-order valence-corrected chi connectivity index (χ0v) is 12.8. The van der Waals surface area contributed by atoms with Gasteiger partial charge < -0.3 is 10.6 Å². The maximum atomic E-state index is 12.4. The second-order valence-electron chi connectivity index (χ2n) is 5.15. The molecule has 1 aliphatic rings. The van der Waals surface area contributed by atoms with Gasteiger partial charge in [-0.25, -0.2) is 4.98 Å². The summed E-state index contributed by atoms with van der Waals surface area (Å²) in [5, 5.41) is 6.43. The van der Waals surface area contributed by atoms with Gasteiger partial charge in [0.25, 0.3) is 11.8 Å². The van der Waals surface area contributed by atoms with Gasteiger partial charge in [0.15, 0.2) is 0 Å². The van der Waals surface area contributed by atoms with Crippen LogP contribution >= 0.6 is 11.3 Å². The summed E-state index contributed by atoms with van der Waals surface area (Å²) < 4.78 is 1.04. The van der Waals surface area contributed by atoms with Crippen molar-refractivity contribution in [3.8, 4) is 0 Å². The van der Waals surface area contributed by atoms with E-state index in [4.69, 9.17) is 0 Å². The number of hydrogen-bond donors (Lipinski definition) is 2. The van der Waals surface area contributed by atoms with E-state index in [-0.39, 0.29) is 11.8 Å². The van der Waals surface area contributed by atoms with Crippen LogP contribution in [0, 0.1) is 0 Å². The highest BCUT2D eigenvalue weighted by atomic mass is 32.1. The van der Waals surface area contributed by atoms with Crippen molar-refractivity contribution in [3.05, 3.63) is 58.4 Å². The van der Waals surface area contributed by atoms with Gasteiger partial charge in [-0.1, -0.05) is 6.07 Å². The van der Waals surface area contributed by atoms with Crippen LogP contribution in [0.3, 0.4) is 0 Å². The third-order valence-electron chi connectivity index (χ3n) is 3.73. The maximum Gasteiger partial charge on any atom is 0.252 e. The summed E-state index contributed by atoms with van der Waals surface area (Å²) in [5.41, 5.74) is 2.69. The quantitative estimate of drug-likeness (QED) is 0.770. The molecule has 3 heterocycles. The fourth-order valence-electron chi connectivity index (χ4n) is 2.62. The summed E-state index contributed by atoms with van der Waals surface area (Å²) in [7, 11) is 0. The number of fused-ring (bicyclic) bond motifs is 2. The van der Waals surface area contributed by atoms with E-state index in [9.17, 15) is 9.59 Å². The molecule has 0 saturated carbocycles. The molecule has 0 aliphatic carbocycles. The molecule has 0 radical (unpaired) electrons. The summed E-state index contributed by atoms with van der Waals surface area (Å²) in [6.07, 6.45) is 3.43. The Kier molecular flexibility index (Phi) is 3.27. The van der Waals surface area contributed by atoms with Crippen LogP contribution in [0.2, 0.25) is 0 Å². The van der Waals surface area contributed by atoms with Crippen molar-refractivity contribution in [3.63, 3.8) is 0 Å². The number of carbonyl (C=O) groups excluding carboxylic acids is 2. The molecule has 114 valence electrons. The van der Waals surface area contributed by atoms with Crippen LogP contribution < -0.4 is 10.6 Å². The van der Waals surface area contributed by atoms with E-state index in [1.165, 1.54) is 11.3 Å². The smallest absolute Gasteiger partial charge is 0.252 e. The summed E-state index contributed by atoms with van der Waals surface area (Å²) in [6.45, 7) is 0.744. The molecular weight excluding hydrogens is 312 g/mol. The van der Waals surface area contributed by atoms with Gasteiger partial charge in [-0.05, 0) is 23.8 Å². The van der Waals surface area contributed by atoms with E-state index < -0.39 is 0 Å². The Bertz CT molecular complexity index is 902. The highest BCUT2D eigenvalue weighted by molar-refractivity contribution is 7.18. The lowest BCUT2D eigenvalue weighted by molar-refractivity contribution is 0.0947. The van der Waals surface area contributed by atoms with Gasteiger partial charge >= 0.3 is 0 Å². The fraction of sp³-hybridized carbons (Fsp3) is 0.125. The largest absolute Gasteiger partial charge is 0.348 e.